The zero-order chi connectivity index (χ0) is 18.1. The number of nitrogens with zero attached hydrogens (tertiary/aromatic N) is 1. The predicted octanol–water partition coefficient (Wildman–Crippen LogP) is 1.39. The van der Waals surface area contributed by atoms with E-state index in [1.165, 1.54) is 4.90 Å². The maximum atomic E-state index is 12.3. The van der Waals surface area contributed by atoms with Gasteiger partial charge in [-0.3, -0.25) is 4.79 Å². The fraction of sp³-hybridized carbons (Fsp3) is 0.474. The quantitative estimate of drug-likeness (QED) is 0.604. The summed E-state index contributed by atoms with van der Waals surface area (Å²) < 4.78 is 5.33. The van der Waals surface area contributed by atoms with Gasteiger partial charge in [0, 0.05) is 38.6 Å². The Morgan fingerprint density at radius 3 is 2.76 bits per heavy atom. The van der Waals surface area contributed by atoms with Crippen LogP contribution in [-0.2, 0) is 16.1 Å². The van der Waals surface area contributed by atoms with Crippen molar-refractivity contribution < 1.29 is 19.4 Å². The average molecular weight is 344 g/mol. The first kappa shape index (κ1) is 18.8. The molecule has 25 heavy (non-hydrogen) atoms. The molecule has 2 N–H and O–H groups in total. The van der Waals surface area contributed by atoms with E-state index < -0.39 is 6.09 Å². The summed E-state index contributed by atoms with van der Waals surface area (Å²) >= 11 is 0. The van der Waals surface area contributed by atoms with E-state index in [-0.39, 0.29) is 37.5 Å². The second-order valence-electron chi connectivity index (χ2n) is 6.17. The highest BCUT2D eigenvalue weighted by Gasteiger charge is 2.34. The number of rotatable bonds is 6. The third kappa shape index (κ3) is 5.80. The second kappa shape index (κ2) is 9.70. The molecule has 1 aliphatic heterocycles. The van der Waals surface area contributed by atoms with Crippen molar-refractivity contribution in [3.05, 3.63) is 35.9 Å². The van der Waals surface area contributed by atoms with Gasteiger partial charge in [-0.05, 0) is 12.0 Å². The van der Waals surface area contributed by atoms with Gasteiger partial charge >= 0.3 is 6.09 Å². The number of carbonyl (C=O) groups is 2. The molecule has 1 fully saturated rings. The number of terminal acetylenes is 1. The van der Waals surface area contributed by atoms with Gasteiger partial charge in [0.2, 0.25) is 5.91 Å². The van der Waals surface area contributed by atoms with Crippen molar-refractivity contribution in [3.63, 3.8) is 0 Å². The fourth-order valence-corrected chi connectivity index (χ4v) is 2.89. The minimum atomic E-state index is -0.469. The lowest BCUT2D eigenvalue weighted by molar-refractivity contribution is -0.127. The number of carbonyl (C=O) groups excluding carboxylic acids is 2. The van der Waals surface area contributed by atoms with Crippen LogP contribution in [0.25, 0.3) is 0 Å². The highest BCUT2D eigenvalue weighted by atomic mass is 16.6. The first-order valence-electron chi connectivity index (χ1n) is 8.41. The van der Waals surface area contributed by atoms with Gasteiger partial charge < -0.3 is 20.1 Å². The Bertz CT molecular complexity index is 612. The van der Waals surface area contributed by atoms with Crippen molar-refractivity contribution >= 4 is 12.0 Å². The summed E-state index contributed by atoms with van der Waals surface area (Å²) in [4.78, 5) is 26.1. The molecule has 6 heteroatoms. The van der Waals surface area contributed by atoms with Crippen LogP contribution >= 0.6 is 0 Å². The number of piperidine rings is 1. The van der Waals surface area contributed by atoms with Crippen LogP contribution in [0, 0.1) is 24.2 Å². The smallest absolute Gasteiger partial charge is 0.410 e. The first-order chi connectivity index (χ1) is 12.1. The van der Waals surface area contributed by atoms with Crippen LogP contribution in [0.1, 0.15) is 18.4 Å². The maximum Gasteiger partial charge on any atom is 0.410 e. The summed E-state index contributed by atoms with van der Waals surface area (Å²) in [7, 11) is 0. The molecule has 2 rings (SSSR count). The number of nitrogens with one attached hydrogen (secondary N) is 1. The molecule has 2 atom stereocenters. The van der Waals surface area contributed by atoms with E-state index in [2.05, 4.69) is 11.2 Å². The zero-order valence-electron chi connectivity index (χ0n) is 14.2. The number of likely N-dealkylation sites (tertiary alicyclic amines) is 1. The van der Waals surface area contributed by atoms with Crippen molar-refractivity contribution in [2.24, 2.45) is 11.8 Å². The molecule has 1 aliphatic rings. The number of hydrogen-bond acceptors (Lipinski definition) is 4. The van der Waals surface area contributed by atoms with E-state index in [1.54, 1.807) is 0 Å². The molecular formula is C19H24N2O4. The van der Waals surface area contributed by atoms with Gasteiger partial charge in [0.15, 0.2) is 0 Å². The molecule has 0 aromatic heterocycles. The number of hydrogen-bond donors (Lipinski definition) is 2. The Hall–Kier alpha value is -2.52. The van der Waals surface area contributed by atoms with E-state index in [9.17, 15) is 14.7 Å². The third-order valence-corrected chi connectivity index (χ3v) is 4.20. The summed E-state index contributed by atoms with van der Waals surface area (Å²) in [5.74, 6) is 1.82. The molecule has 1 heterocycles. The molecule has 2 amide bonds. The van der Waals surface area contributed by atoms with E-state index in [1.807, 2.05) is 30.3 Å². The Kier molecular flexibility index (Phi) is 7.30. The minimum Gasteiger partial charge on any atom is -0.445 e. The van der Waals surface area contributed by atoms with Gasteiger partial charge in [0.1, 0.15) is 6.61 Å². The van der Waals surface area contributed by atoms with E-state index >= 15 is 0 Å². The van der Waals surface area contributed by atoms with Crippen molar-refractivity contribution in [1.29, 1.82) is 0 Å². The van der Waals surface area contributed by atoms with Crippen molar-refractivity contribution in [3.8, 4) is 12.3 Å². The predicted molar refractivity (Wildman–Crippen MR) is 93.3 cm³/mol. The first-order valence-corrected chi connectivity index (χ1v) is 8.41. The molecule has 6 nitrogen and oxygen atoms in total. The molecule has 134 valence electrons. The lowest BCUT2D eigenvalue weighted by atomic mass is 9.89. The minimum absolute atomic E-state index is 0.0728. The topological polar surface area (TPSA) is 78.9 Å². The molecule has 0 spiro atoms. The highest BCUT2D eigenvalue weighted by molar-refractivity contribution is 5.80. The third-order valence-electron chi connectivity index (χ3n) is 4.20. The largest absolute Gasteiger partial charge is 0.445 e. The normalized spacial score (nSPS) is 19.8. The SMILES string of the molecule is C#CCCNC(=O)[C@@H]1C[C@H](CO)CN(C(=O)OCc2ccccc2)C1. The molecule has 1 saturated heterocycles. The monoisotopic (exact) mass is 344 g/mol. The Balaban J connectivity index is 1.90. The summed E-state index contributed by atoms with van der Waals surface area (Å²) in [5, 5.41) is 12.2. The molecule has 0 aliphatic carbocycles. The summed E-state index contributed by atoms with van der Waals surface area (Å²) in [5.41, 5.74) is 0.898. The zero-order valence-corrected chi connectivity index (χ0v) is 14.2. The van der Waals surface area contributed by atoms with Gasteiger partial charge in [-0.15, -0.1) is 12.3 Å². The Labute approximate surface area is 148 Å². The molecular weight excluding hydrogens is 320 g/mol. The Morgan fingerprint density at radius 2 is 2.08 bits per heavy atom. The van der Waals surface area contributed by atoms with Crippen LogP contribution in [0.2, 0.25) is 0 Å². The molecule has 1 aromatic rings. The lowest BCUT2D eigenvalue weighted by Gasteiger charge is -2.35. The molecule has 1 aromatic carbocycles. The van der Waals surface area contributed by atoms with Crippen LogP contribution in [-0.4, -0.2) is 48.2 Å². The number of amides is 2. The summed E-state index contributed by atoms with van der Waals surface area (Å²) in [6, 6.07) is 9.40. The highest BCUT2D eigenvalue weighted by Crippen LogP contribution is 2.23. The van der Waals surface area contributed by atoms with Gasteiger partial charge in [-0.2, -0.15) is 0 Å². The van der Waals surface area contributed by atoms with E-state index in [0.717, 1.165) is 5.56 Å². The maximum absolute atomic E-state index is 12.3. The van der Waals surface area contributed by atoms with E-state index in [4.69, 9.17) is 11.2 Å². The number of ether oxygens (including phenoxy) is 1. The Morgan fingerprint density at radius 1 is 1.32 bits per heavy atom. The number of benzene rings is 1. The summed E-state index contributed by atoms with van der Waals surface area (Å²) in [6.45, 7) is 1.19. The lowest BCUT2D eigenvalue weighted by Crippen LogP contribution is -2.49. The number of aliphatic hydroxyl groups excluding tert-OH is 1. The van der Waals surface area contributed by atoms with Gasteiger partial charge in [0.25, 0.3) is 0 Å². The van der Waals surface area contributed by atoms with Gasteiger partial charge in [-0.25, -0.2) is 4.79 Å². The molecule has 0 saturated carbocycles. The van der Waals surface area contributed by atoms with Crippen LogP contribution in [0.3, 0.4) is 0 Å². The fourth-order valence-electron chi connectivity index (χ4n) is 2.89. The number of aliphatic hydroxyl groups is 1. The van der Waals surface area contributed by atoms with Crippen molar-refractivity contribution in [2.45, 2.75) is 19.4 Å². The van der Waals surface area contributed by atoms with Gasteiger partial charge in [0.05, 0.1) is 5.92 Å². The van der Waals surface area contributed by atoms with E-state index in [0.29, 0.717) is 25.9 Å². The summed E-state index contributed by atoms with van der Waals surface area (Å²) in [6.07, 6.45) is 5.71. The second-order valence-corrected chi connectivity index (χ2v) is 6.17. The van der Waals surface area contributed by atoms with Crippen molar-refractivity contribution in [2.75, 3.05) is 26.2 Å². The van der Waals surface area contributed by atoms with Crippen molar-refractivity contribution in [1.82, 2.24) is 10.2 Å². The molecule has 0 radical (unpaired) electrons. The standard InChI is InChI=1S/C19H24N2O4/c1-2-3-9-20-18(23)17-10-16(13-22)11-21(12-17)19(24)25-14-15-7-5-4-6-8-15/h1,4-8,16-17,22H,3,9-14H2,(H,20,23)/t16-,17+/m0/s1. The van der Waals surface area contributed by atoms with Crippen LogP contribution < -0.4 is 5.32 Å². The van der Waals surface area contributed by atoms with Crippen LogP contribution in [0.15, 0.2) is 30.3 Å². The molecule has 0 unspecified atom stereocenters. The average Bonchev–Trinajstić information content (AvgIpc) is 2.66. The van der Waals surface area contributed by atoms with Crippen LogP contribution in [0.5, 0.6) is 0 Å². The van der Waals surface area contributed by atoms with Gasteiger partial charge in [-0.1, -0.05) is 30.3 Å². The molecule has 0 bridgehead atoms. The van der Waals surface area contributed by atoms with Crippen LogP contribution in [0.4, 0.5) is 4.79 Å².